The molecule has 3 aromatic rings. The van der Waals surface area contributed by atoms with Crippen LogP contribution in [0.25, 0.3) is 10.9 Å². The minimum Gasteiger partial charge on any atom is -0.382 e. The molecule has 0 saturated carbocycles. The van der Waals surface area contributed by atoms with Gasteiger partial charge in [0.2, 0.25) is 0 Å². The fraction of sp³-hybridized carbons (Fsp3) is 0.0769. The van der Waals surface area contributed by atoms with Gasteiger partial charge < -0.3 is 10.1 Å². The van der Waals surface area contributed by atoms with Crippen molar-refractivity contribution >= 4 is 10.9 Å². The van der Waals surface area contributed by atoms with Crippen LogP contribution in [0.1, 0.15) is 17.4 Å². The van der Waals surface area contributed by atoms with Gasteiger partial charge in [0.05, 0.1) is 23.7 Å². The minimum atomic E-state index is -0.703. The zero-order valence-corrected chi connectivity index (χ0v) is 9.04. The van der Waals surface area contributed by atoms with E-state index in [4.69, 9.17) is 0 Å². The van der Waals surface area contributed by atoms with Gasteiger partial charge in [-0.15, -0.1) is 0 Å². The molecule has 3 rings (SSSR count). The molecule has 84 valence electrons. The lowest BCUT2D eigenvalue weighted by Gasteiger charge is -2.11. The Labute approximate surface area is 98.0 Å². The van der Waals surface area contributed by atoms with Crippen LogP contribution >= 0.6 is 0 Å². The van der Waals surface area contributed by atoms with Gasteiger partial charge in [-0.05, 0) is 17.7 Å². The lowest BCUT2D eigenvalue weighted by molar-refractivity contribution is 0.217. The molecule has 0 bridgehead atoms. The molecule has 0 aliphatic carbocycles. The highest BCUT2D eigenvalue weighted by Gasteiger charge is 2.14. The summed E-state index contributed by atoms with van der Waals surface area (Å²) >= 11 is 0. The molecule has 4 nitrogen and oxygen atoms in total. The Morgan fingerprint density at radius 1 is 1.18 bits per heavy atom. The molecule has 1 unspecified atom stereocenters. The number of aliphatic hydroxyl groups excluding tert-OH is 1. The number of aromatic nitrogens is 3. The van der Waals surface area contributed by atoms with Gasteiger partial charge >= 0.3 is 0 Å². The molecule has 0 aliphatic rings. The summed E-state index contributed by atoms with van der Waals surface area (Å²) < 4.78 is 0. The maximum Gasteiger partial charge on any atom is 0.121 e. The van der Waals surface area contributed by atoms with Gasteiger partial charge in [0, 0.05) is 11.6 Å². The van der Waals surface area contributed by atoms with E-state index in [-0.39, 0.29) is 0 Å². The lowest BCUT2D eigenvalue weighted by atomic mass is 10.0. The van der Waals surface area contributed by atoms with Crippen molar-refractivity contribution in [2.45, 2.75) is 6.10 Å². The first-order valence-electron chi connectivity index (χ1n) is 5.36. The summed E-state index contributed by atoms with van der Waals surface area (Å²) in [5.41, 5.74) is 2.39. The fourth-order valence-corrected chi connectivity index (χ4v) is 1.94. The highest BCUT2D eigenvalue weighted by Crippen LogP contribution is 2.26. The van der Waals surface area contributed by atoms with Crippen LogP contribution in [0.3, 0.4) is 0 Å². The average Bonchev–Trinajstić information content (AvgIpc) is 2.91. The van der Waals surface area contributed by atoms with Gasteiger partial charge in [-0.3, -0.25) is 4.98 Å². The third kappa shape index (κ3) is 1.68. The topological polar surface area (TPSA) is 61.8 Å². The van der Waals surface area contributed by atoms with Crippen LogP contribution in [-0.2, 0) is 0 Å². The second kappa shape index (κ2) is 3.99. The van der Waals surface area contributed by atoms with E-state index in [2.05, 4.69) is 15.0 Å². The normalized spacial score (nSPS) is 12.8. The molecule has 0 radical (unpaired) electrons. The summed E-state index contributed by atoms with van der Waals surface area (Å²) in [6.07, 6.45) is 4.18. The van der Waals surface area contributed by atoms with Crippen LogP contribution in [-0.4, -0.2) is 20.1 Å². The van der Waals surface area contributed by atoms with E-state index in [0.29, 0.717) is 5.69 Å². The molecule has 0 spiro atoms. The van der Waals surface area contributed by atoms with Crippen molar-refractivity contribution in [1.29, 1.82) is 0 Å². The second-order valence-corrected chi connectivity index (χ2v) is 3.83. The second-order valence-electron chi connectivity index (χ2n) is 3.83. The summed E-state index contributed by atoms with van der Waals surface area (Å²) in [5.74, 6) is 0. The zero-order valence-electron chi connectivity index (χ0n) is 9.04. The Bertz CT molecular complexity index is 629. The SMILES string of the molecule is OC(c1cnc[nH]1)c1ccnc2ccccc12. The molecule has 0 fully saturated rings. The highest BCUT2D eigenvalue weighted by molar-refractivity contribution is 5.82. The Hall–Kier alpha value is -2.20. The van der Waals surface area contributed by atoms with Crippen LogP contribution < -0.4 is 0 Å². The Kier molecular flexibility index (Phi) is 2.34. The van der Waals surface area contributed by atoms with E-state index in [9.17, 15) is 5.11 Å². The van der Waals surface area contributed by atoms with Crippen molar-refractivity contribution in [2.75, 3.05) is 0 Å². The first-order valence-corrected chi connectivity index (χ1v) is 5.36. The van der Waals surface area contributed by atoms with Crippen molar-refractivity contribution in [3.8, 4) is 0 Å². The molecule has 2 N–H and O–H groups in total. The van der Waals surface area contributed by atoms with Crippen molar-refractivity contribution in [2.24, 2.45) is 0 Å². The molecule has 0 saturated heterocycles. The molecule has 2 aromatic heterocycles. The molecule has 1 aromatic carbocycles. The lowest BCUT2D eigenvalue weighted by Crippen LogP contribution is -2.01. The number of nitrogens with one attached hydrogen (secondary N) is 1. The minimum absolute atomic E-state index is 0.682. The van der Waals surface area contributed by atoms with Gasteiger partial charge in [0.25, 0.3) is 0 Å². The number of H-pyrrole nitrogens is 1. The molecule has 1 atom stereocenters. The number of hydrogen-bond donors (Lipinski definition) is 2. The average molecular weight is 225 g/mol. The van der Waals surface area contributed by atoms with Crippen LogP contribution in [0.2, 0.25) is 0 Å². The van der Waals surface area contributed by atoms with E-state index in [0.717, 1.165) is 16.5 Å². The maximum atomic E-state index is 10.3. The van der Waals surface area contributed by atoms with E-state index < -0.39 is 6.10 Å². The first-order chi connectivity index (χ1) is 8.36. The molecular weight excluding hydrogens is 214 g/mol. The van der Waals surface area contributed by atoms with Crippen LogP contribution in [0.15, 0.2) is 49.1 Å². The van der Waals surface area contributed by atoms with E-state index >= 15 is 0 Å². The van der Waals surface area contributed by atoms with E-state index in [1.165, 1.54) is 0 Å². The molecule has 4 heteroatoms. The Morgan fingerprint density at radius 2 is 2.06 bits per heavy atom. The standard InChI is InChI=1S/C13H11N3O/c17-13(12-7-14-8-16-12)10-5-6-15-11-4-2-1-3-9(10)11/h1-8,13,17H,(H,14,16). The van der Waals surface area contributed by atoms with Crippen molar-refractivity contribution in [3.05, 3.63) is 60.3 Å². The summed E-state index contributed by atoms with van der Waals surface area (Å²) in [7, 11) is 0. The monoisotopic (exact) mass is 225 g/mol. The summed E-state index contributed by atoms with van der Waals surface area (Å²) in [6, 6.07) is 9.58. The number of rotatable bonds is 2. The molecule has 2 heterocycles. The van der Waals surface area contributed by atoms with E-state index in [1.807, 2.05) is 30.3 Å². The number of nitrogens with zero attached hydrogens (tertiary/aromatic N) is 2. The molecule has 17 heavy (non-hydrogen) atoms. The van der Waals surface area contributed by atoms with Crippen molar-refractivity contribution in [1.82, 2.24) is 15.0 Å². The molecular formula is C13H11N3O. The van der Waals surface area contributed by atoms with Gasteiger partial charge in [0.15, 0.2) is 0 Å². The highest BCUT2D eigenvalue weighted by atomic mass is 16.3. The van der Waals surface area contributed by atoms with E-state index in [1.54, 1.807) is 18.7 Å². The van der Waals surface area contributed by atoms with Crippen molar-refractivity contribution in [3.63, 3.8) is 0 Å². The van der Waals surface area contributed by atoms with Gasteiger partial charge in [0.1, 0.15) is 6.10 Å². The zero-order chi connectivity index (χ0) is 11.7. The number of para-hydroxylation sites is 1. The maximum absolute atomic E-state index is 10.3. The van der Waals surface area contributed by atoms with Gasteiger partial charge in [-0.25, -0.2) is 4.98 Å². The summed E-state index contributed by atoms with van der Waals surface area (Å²) in [4.78, 5) is 11.1. The third-order valence-electron chi connectivity index (χ3n) is 2.79. The number of imidazole rings is 1. The number of fused-ring (bicyclic) bond motifs is 1. The molecule has 0 amide bonds. The smallest absolute Gasteiger partial charge is 0.121 e. The summed E-state index contributed by atoms with van der Waals surface area (Å²) in [6.45, 7) is 0. The van der Waals surface area contributed by atoms with Crippen molar-refractivity contribution < 1.29 is 5.11 Å². The number of aromatic amines is 1. The molecule has 0 aliphatic heterocycles. The predicted molar refractivity (Wildman–Crippen MR) is 64.4 cm³/mol. The quantitative estimate of drug-likeness (QED) is 0.701. The fourth-order valence-electron chi connectivity index (χ4n) is 1.94. The van der Waals surface area contributed by atoms with Crippen LogP contribution in [0, 0.1) is 0 Å². The number of pyridine rings is 1. The predicted octanol–water partition coefficient (Wildman–Crippen LogP) is 2.04. The Morgan fingerprint density at radius 3 is 2.88 bits per heavy atom. The van der Waals surface area contributed by atoms with Crippen LogP contribution in [0.5, 0.6) is 0 Å². The number of aliphatic hydroxyl groups is 1. The first kappa shape index (κ1) is 9.99. The number of hydrogen-bond acceptors (Lipinski definition) is 3. The van der Waals surface area contributed by atoms with Gasteiger partial charge in [-0.1, -0.05) is 18.2 Å². The summed E-state index contributed by atoms with van der Waals surface area (Å²) in [5, 5.41) is 11.2. The van der Waals surface area contributed by atoms with Crippen LogP contribution in [0.4, 0.5) is 0 Å². The number of benzene rings is 1. The third-order valence-corrected chi connectivity index (χ3v) is 2.79. The Balaban J connectivity index is 2.17. The van der Waals surface area contributed by atoms with Gasteiger partial charge in [-0.2, -0.15) is 0 Å². The largest absolute Gasteiger partial charge is 0.382 e.